The van der Waals surface area contributed by atoms with Crippen LogP contribution in [0.4, 0.5) is 14.5 Å². The number of amides is 1. The maximum Gasteiger partial charge on any atom is 0.233 e. The van der Waals surface area contributed by atoms with Crippen molar-refractivity contribution in [2.75, 3.05) is 4.90 Å². The van der Waals surface area contributed by atoms with Crippen molar-refractivity contribution in [2.24, 2.45) is 5.92 Å². The Kier molecular flexibility index (Phi) is 11.3. The predicted octanol–water partition coefficient (Wildman–Crippen LogP) is 11.4. The summed E-state index contributed by atoms with van der Waals surface area (Å²) in [7, 11) is -2.25. The van der Waals surface area contributed by atoms with Crippen molar-refractivity contribution >= 4 is 19.9 Å². The van der Waals surface area contributed by atoms with Crippen molar-refractivity contribution in [1.29, 1.82) is 0 Å². The van der Waals surface area contributed by atoms with Gasteiger partial charge >= 0.3 is 0 Å². The molecule has 0 bridgehead atoms. The monoisotopic (exact) mass is 719 g/mol. The van der Waals surface area contributed by atoms with Crippen LogP contribution < -0.4 is 14.4 Å². The van der Waals surface area contributed by atoms with Crippen molar-refractivity contribution in [3.63, 3.8) is 0 Å². The highest BCUT2D eigenvalue weighted by Crippen LogP contribution is 2.50. The summed E-state index contributed by atoms with van der Waals surface area (Å²) in [5.74, 6) is 0.105. The summed E-state index contributed by atoms with van der Waals surface area (Å²) in [6.07, 6.45) is 0.751. The smallest absolute Gasteiger partial charge is 0.233 e. The standard InChI is InChI=1S/C44H47F2NO4Si/c1-44(2,3)52(4,5)51-40(33-16-18-34(45)19-17-33)27-26-39-42(47(43(39)48)36-22-20-35(46)21-23-36)38-25-24-37(49-29-31-12-8-6-9-13-31)28-41(38)50-30-32-14-10-7-11-15-32/h6-25,28,39-40,42H,26-27,29-30H2,1-5H3/t39?,40-,42+/m0/s1. The average molecular weight is 720 g/mol. The molecule has 5 aromatic rings. The molecule has 1 fully saturated rings. The SMILES string of the molecule is CC(C)(C)[Si](C)(C)O[C@@H](CCC1C(=O)N(c2ccc(F)cc2)[C@@H]1c1ccc(OCc2ccccc2)cc1OCc1ccccc1)c1ccc(F)cc1. The van der Waals surface area contributed by atoms with Gasteiger partial charge in [0.2, 0.25) is 5.91 Å². The van der Waals surface area contributed by atoms with Crippen LogP contribution in [0.1, 0.15) is 68.0 Å². The lowest BCUT2D eigenvalue weighted by Gasteiger charge is -2.48. The molecule has 0 radical (unpaired) electrons. The largest absolute Gasteiger partial charge is 0.489 e. The van der Waals surface area contributed by atoms with Crippen LogP contribution >= 0.6 is 0 Å². The van der Waals surface area contributed by atoms with Crippen LogP contribution in [0.15, 0.2) is 127 Å². The summed E-state index contributed by atoms with van der Waals surface area (Å²) < 4.78 is 47.8. The highest BCUT2D eigenvalue weighted by Gasteiger charge is 2.50. The number of hydrogen-bond donors (Lipinski definition) is 0. The lowest BCUT2D eigenvalue weighted by molar-refractivity contribution is -0.131. The second-order valence-corrected chi connectivity index (χ2v) is 19.7. The topological polar surface area (TPSA) is 48.0 Å². The first-order chi connectivity index (χ1) is 24.9. The number of benzene rings is 5. The van der Waals surface area contributed by atoms with Crippen molar-refractivity contribution in [1.82, 2.24) is 0 Å². The Morgan fingerprint density at radius 2 is 1.29 bits per heavy atom. The zero-order chi connectivity index (χ0) is 36.9. The quantitative estimate of drug-likeness (QED) is 0.0847. The number of halogens is 2. The van der Waals surface area contributed by atoms with Gasteiger partial charge in [-0.2, -0.15) is 0 Å². The van der Waals surface area contributed by atoms with Gasteiger partial charge in [0.25, 0.3) is 0 Å². The minimum atomic E-state index is -2.25. The Morgan fingerprint density at radius 3 is 1.87 bits per heavy atom. The van der Waals surface area contributed by atoms with Gasteiger partial charge in [-0.3, -0.25) is 4.79 Å². The summed E-state index contributed by atoms with van der Waals surface area (Å²) in [6, 6.07) is 37.8. The Morgan fingerprint density at radius 1 is 0.731 bits per heavy atom. The van der Waals surface area contributed by atoms with E-state index in [-0.39, 0.29) is 28.7 Å². The molecular formula is C44H47F2NO4Si. The van der Waals surface area contributed by atoms with Gasteiger partial charge in [0.05, 0.1) is 18.1 Å². The van der Waals surface area contributed by atoms with Crippen molar-refractivity contribution in [3.05, 3.63) is 161 Å². The van der Waals surface area contributed by atoms with Gasteiger partial charge in [-0.1, -0.05) is 93.6 Å². The third-order valence-corrected chi connectivity index (χ3v) is 14.8. The number of carbonyl (C=O) groups excluding carboxylic acids is 1. The molecule has 1 saturated heterocycles. The first-order valence-corrected chi connectivity index (χ1v) is 20.8. The molecule has 52 heavy (non-hydrogen) atoms. The number of hydrogen-bond acceptors (Lipinski definition) is 4. The number of nitrogens with zero attached hydrogens (tertiary/aromatic N) is 1. The number of ether oxygens (including phenoxy) is 2. The van der Waals surface area contributed by atoms with E-state index in [0.29, 0.717) is 43.2 Å². The Labute approximate surface area is 307 Å². The maximum atomic E-state index is 14.2. The highest BCUT2D eigenvalue weighted by molar-refractivity contribution is 6.74. The Bertz CT molecular complexity index is 1930. The highest BCUT2D eigenvalue weighted by atomic mass is 28.4. The van der Waals surface area contributed by atoms with E-state index in [2.05, 4.69) is 33.9 Å². The van der Waals surface area contributed by atoms with Crippen LogP contribution in [-0.4, -0.2) is 14.2 Å². The molecule has 0 aliphatic carbocycles. The van der Waals surface area contributed by atoms with E-state index < -0.39 is 20.3 Å². The van der Waals surface area contributed by atoms with Crippen molar-refractivity contribution < 1.29 is 27.5 Å². The fourth-order valence-electron chi connectivity index (χ4n) is 6.36. The van der Waals surface area contributed by atoms with Crippen LogP contribution in [0, 0.1) is 17.6 Å². The number of rotatable bonds is 14. The van der Waals surface area contributed by atoms with Gasteiger partial charge in [-0.15, -0.1) is 0 Å². The van der Waals surface area contributed by atoms with Crippen LogP contribution in [0.25, 0.3) is 0 Å². The zero-order valence-corrected chi connectivity index (χ0v) is 31.5. The van der Waals surface area contributed by atoms with E-state index in [4.69, 9.17) is 13.9 Å². The lowest BCUT2D eigenvalue weighted by Crippen LogP contribution is -2.55. The molecule has 5 nitrogen and oxygen atoms in total. The van der Waals surface area contributed by atoms with Gasteiger partial charge in [0.15, 0.2) is 8.32 Å². The number of anilines is 1. The molecule has 0 saturated carbocycles. The lowest BCUT2D eigenvalue weighted by atomic mass is 9.78. The molecule has 6 rings (SSSR count). The minimum Gasteiger partial charge on any atom is -0.489 e. The van der Waals surface area contributed by atoms with Gasteiger partial charge in [-0.25, -0.2) is 8.78 Å². The third kappa shape index (κ3) is 8.63. The number of β-lactam (4-membered cyclic amide) rings is 1. The Hall–Kier alpha value is -4.79. The predicted molar refractivity (Wildman–Crippen MR) is 205 cm³/mol. The van der Waals surface area contributed by atoms with Gasteiger partial charge < -0.3 is 18.8 Å². The Balaban J connectivity index is 1.34. The average Bonchev–Trinajstić information content (AvgIpc) is 3.13. The van der Waals surface area contributed by atoms with E-state index in [1.807, 2.05) is 78.9 Å². The summed E-state index contributed by atoms with van der Waals surface area (Å²) in [4.78, 5) is 15.9. The van der Waals surface area contributed by atoms with E-state index >= 15 is 0 Å². The molecule has 8 heteroatoms. The van der Waals surface area contributed by atoms with Gasteiger partial charge in [-0.05, 0) is 96.2 Å². The molecule has 1 aliphatic rings. The van der Waals surface area contributed by atoms with E-state index in [1.54, 1.807) is 29.2 Å². The third-order valence-electron chi connectivity index (χ3n) is 10.3. The second-order valence-electron chi connectivity index (χ2n) is 15.0. The normalized spacial score (nSPS) is 16.7. The zero-order valence-electron chi connectivity index (χ0n) is 30.5. The van der Waals surface area contributed by atoms with Gasteiger partial charge in [0, 0.05) is 17.3 Å². The van der Waals surface area contributed by atoms with E-state index in [9.17, 15) is 13.6 Å². The summed E-state index contributed by atoms with van der Waals surface area (Å²) >= 11 is 0. The fraction of sp³-hybridized carbons (Fsp3) is 0.295. The summed E-state index contributed by atoms with van der Waals surface area (Å²) in [5, 5.41) is -0.0468. The fourth-order valence-corrected chi connectivity index (χ4v) is 7.68. The summed E-state index contributed by atoms with van der Waals surface area (Å²) in [5.41, 5.74) is 4.38. The molecule has 5 aromatic carbocycles. The van der Waals surface area contributed by atoms with Crippen LogP contribution in [0.2, 0.25) is 18.1 Å². The molecule has 0 aromatic heterocycles. The van der Waals surface area contributed by atoms with Crippen LogP contribution in [0.5, 0.6) is 11.5 Å². The molecular weight excluding hydrogens is 673 g/mol. The number of carbonyl (C=O) groups is 1. The first kappa shape index (κ1) is 37.0. The molecule has 270 valence electrons. The van der Waals surface area contributed by atoms with Crippen molar-refractivity contribution in [3.8, 4) is 11.5 Å². The first-order valence-electron chi connectivity index (χ1n) is 17.9. The van der Waals surface area contributed by atoms with Crippen LogP contribution in [0.3, 0.4) is 0 Å². The summed E-state index contributed by atoms with van der Waals surface area (Å²) in [6.45, 7) is 11.7. The molecule has 0 N–H and O–H groups in total. The van der Waals surface area contributed by atoms with Gasteiger partial charge in [0.1, 0.15) is 36.3 Å². The molecule has 3 atom stereocenters. The molecule has 0 spiro atoms. The van der Waals surface area contributed by atoms with Crippen molar-refractivity contribution in [2.45, 2.75) is 77.1 Å². The molecule has 1 heterocycles. The maximum absolute atomic E-state index is 14.2. The molecule has 1 unspecified atom stereocenters. The second kappa shape index (κ2) is 15.8. The van der Waals surface area contributed by atoms with Crippen LogP contribution in [-0.2, 0) is 22.4 Å². The van der Waals surface area contributed by atoms with E-state index in [1.165, 1.54) is 24.3 Å². The molecule has 1 amide bonds. The van der Waals surface area contributed by atoms with E-state index in [0.717, 1.165) is 22.3 Å². The minimum absolute atomic E-state index is 0.0468. The molecule has 1 aliphatic heterocycles.